The lowest BCUT2D eigenvalue weighted by Crippen LogP contribution is -2.15. The summed E-state index contributed by atoms with van der Waals surface area (Å²) in [5.41, 5.74) is 2.79. The lowest BCUT2D eigenvalue weighted by Gasteiger charge is -2.09. The second kappa shape index (κ2) is 10.8. The van der Waals surface area contributed by atoms with Crippen molar-refractivity contribution in [1.29, 1.82) is 0 Å². The summed E-state index contributed by atoms with van der Waals surface area (Å²) in [6, 6.07) is 17.4. The number of aromatic nitrogens is 4. The van der Waals surface area contributed by atoms with Crippen LogP contribution in [0.25, 0.3) is 11.5 Å². The zero-order valence-corrected chi connectivity index (χ0v) is 18.7. The van der Waals surface area contributed by atoms with Gasteiger partial charge in [-0.25, -0.2) is 0 Å². The monoisotopic (exact) mass is 447 g/mol. The van der Waals surface area contributed by atoms with Crippen molar-refractivity contribution in [2.24, 2.45) is 0 Å². The van der Waals surface area contributed by atoms with Gasteiger partial charge in [0.25, 0.3) is 0 Å². The van der Waals surface area contributed by atoms with Crippen molar-refractivity contribution in [3.05, 3.63) is 78.4 Å². The molecule has 4 rings (SSSR count). The van der Waals surface area contributed by atoms with Crippen LogP contribution in [0.15, 0.2) is 76.6 Å². The van der Waals surface area contributed by atoms with E-state index in [0.29, 0.717) is 23.2 Å². The molecule has 0 radical (unpaired) electrons. The number of nitrogens with zero attached hydrogens (tertiary/aromatic N) is 4. The van der Waals surface area contributed by atoms with Gasteiger partial charge in [0, 0.05) is 11.9 Å². The van der Waals surface area contributed by atoms with Crippen LogP contribution in [0.5, 0.6) is 0 Å². The molecule has 0 aliphatic rings. The fourth-order valence-electron chi connectivity index (χ4n) is 3.24. The number of furan rings is 1. The zero-order chi connectivity index (χ0) is 22.2. The van der Waals surface area contributed by atoms with Gasteiger partial charge in [0.15, 0.2) is 11.0 Å². The number of hydrogen-bond acceptors (Lipinski definition) is 6. The van der Waals surface area contributed by atoms with Crippen LogP contribution in [0.2, 0.25) is 0 Å². The fraction of sp³-hybridized carbons (Fsp3) is 0.250. The van der Waals surface area contributed by atoms with Gasteiger partial charge in [-0.2, -0.15) is 0 Å². The van der Waals surface area contributed by atoms with E-state index >= 15 is 0 Å². The Balaban J connectivity index is 1.43. The molecule has 0 saturated heterocycles. The highest BCUT2D eigenvalue weighted by atomic mass is 32.2. The fourth-order valence-corrected chi connectivity index (χ4v) is 3.98. The second-order valence-electron chi connectivity index (χ2n) is 7.32. The molecule has 0 bridgehead atoms. The normalized spacial score (nSPS) is 10.9. The first-order chi connectivity index (χ1) is 15.7. The number of carbonyl (C=O) groups is 1. The Hall–Kier alpha value is -3.39. The molecule has 0 spiro atoms. The van der Waals surface area contributed by atoms with Gasteiger partial charge in [-0.1, -0.05) is 43.3 Å². The molecule has 164 valence electrons. The van der Waals surface area contributed by atoms with Crippen molar-refractivity contribution in [2.45, 2.75) is 37.9 Å². The molecule has 3 aromatic heterocycles. The highest BCUT2D eigenvalue weighted by Crippen LogP contribution is 2.24. The van der Waals surface area contributed by atoms with Gasteiger partial charge in [0.2, 0.25) is 5.91 Å². The highest BCUT2D eigenvalue weighted by Gasteiger charge is 2.17. The molecule has 0 saturated carbocycles. The van der Waals surface area contributed by atoms with E-state index in [1.54, 1.807) is 12.5 Å². The summed E-state index contributed by atoms with van der Waals surface area (Å²) in [4.78, 5) is 16.9. The number of carbonyl (C=O) groups excluding carboxylic acids is 1. The van der Waals surface area contributed by atoms with Crippen molar-refractivity contribution in [1.82, 2.24) is 19.7 Å². The summed E-state index contributed by atoms with van der Waals surface area (Å²) in [6.07, 6.45) is 6.75. The van der Waals surface area contributed by atoms with Crippen LogP contribution in [-0.4, -0.2) is 31.4 Å². The molecule has 0 aliphatic carbocycles. The lowest BCUT2D eigenvalue weighted by molar-refractivity contribution is -0.113. The van der Waals surface area contributed by atoms with Gasteiger partial charge in [-0.3, -0.25) is 14.3 Å². The summed E-state index contributed by atoms with van der Waals surface area (Å²) in [5.74, 6) is 1.53. The van der Waals surface area contributed by atoms with Crippen LogP contribution >= 0.6 is 11.8 Å². The predicted molar refractivity (Wildman–Crippen MR) is 125 cm³/mol. The Morgan fingerprint density at radius 1 is 1.09 bits per heavy atom. The van der Waals surface area contributed by atoms with Crippen LogP contribution in [-0.2, 0) is 17.8 Å². The number of benzene rings is 1. The van der Waals surface area contributed by atoms with Crippen LogP contribution in [0.1, 0.15) is 31.1 Å². The first-order valence-corrected chi connectivity index (χ1v) is 11.6. The van der Waals surface area contributed by atoms with E-state index in [1.165, 1.54) is 30.2 Å². The molecule has 1 aromatic carbocycles. The molecular weight excluding hydrogens is 422 g/mol. The molecule has 0 aliphatic heterocycles. The Morgan fingerprint density at radius 2 is 1.97 bits per heavy atom. The molecule has 7 nitrogen and oxygen atoms in total. The first kappa shape index (κ1) is 21.8. The minimum Gasteiger partial charge on any atom is -0.467 e. The molecule has 8 heteroatoms. The molecular formula is C24H25N5O2S. The minimum atomic E-state index is -0.0942. The van der Waals surface area contributed by atoms with E-state index in [4.69, 9.17) is 4.42 Å². The van der Waals surface area contributed by atoms with E-state index < -0.39 is 0 Å². The average molecular weight is 448 g/mol. The molecule has 1 amide bonds. The molecule has 0 fully saturated rings. The van der Waals surface area contributed by atoms with Gasteiger partial charge in [-0.15, -0.1) is 10.2 Å². The molecule has 0 unspecified atom stereocenters. The molecule has 4 aromatic rings. The Kier molecular flexibility index (Phi) is 7.34. The quantitative estimate of drug-likeness (QED) is 0.342. The van der Waals surface area contributed by atoms with Crippen molar-refractivity contribution in [3.63, 3.8) is 0 Å². The van der Waals surface area contributed by atoms with E-state index in [2.05, 4.69) is 39.6 Å². The summed E-state index contributed by atoms with van der Waals surface area (Å²) >= 11 is 1.33. The Labute approximate surface area is 191 Å². The van der Waals surface area contributed by atoms with Gasteiger partial charge >= 0.3 is 0 Å². The second-order valence-corrected chi connectivity index (χ2v) is 8.27. The van der Waals surface area contributed by atoms with Crippen molar-refractivity contribution in [3.8, 4) is 11.5 Å². The SMILES string of the molecule is CCCCc1ccc(NC(=O)CSc2nnc(-c3ccccn3)n2Cc2ccco2)cc1. The lowest BCUT2D eigenvalue weighted by atomic mass is 10.1. The van der Waals surface area contributed by atoms with Crippen LogP contribution in [0, 0.1) is 0 Å². The number of rotatable bonds is 10. The van der Waals surface area contributed by atoms with Gasteiger partial charge < -0.3 is 9.73 Å². The maximum atomic E-state index is 12.5. The maximum Gasteiger partial charge on any atom is 0.234 e. The highest BCUT2D eigenvalue weighted by molar-refractivity contribution is 7.99. The average Bonchev–Trinajstić information content (AvgIpc) is 3.48. The third kappa shape index (κ3) is 5.64. The molecule has 32 heavy (non-hydrogen) atoms. The number of anilines is 1. The summed E-state index contributed by atoms with van der Waals surface area (Å²) < 4.78 is 7.42. The van der Waals surface area contributed by atoms with Crippen LogP contribution < -0.4 is 5.32 Å². The first-order valence-electron chi connectivity index (χ1n) is 10.6. The van der Waals surface area contributed by atoms with Gasteiger partial charge in [-0.05, 0) is 54.8 Å². The summed E-state index contributed by atoms with van der Waals surface area (Å²) in [5, 5.41) is 12.2. The van der Waals surface area contributed by atoms with Gasteiger partial charge in [0.05, 0.1) is 18.6 Å². The number of hydrogen-bond donors (Lipinski definition) is 1. The van der Waals surface area contributed by atoms with Crippen molar-refractivity contribution >= 4 is 23.4 Å². The molecule has 3 heterocycles. The number of amides is 1. The van der Waals surface area contributed by atoms with Crippen molar-refractivity contribution < 1.29 is 9.21 Å². The van der Waals surface area contributed by atoms with E-state index in [1.807, 2.05) is 47.0 Å². The molecule has 0 atom stereocenters. The number of nitrogens with one attached hydrogen (secondary N) is 1. The van der Waals surface area contributed by atoms with Gasteiger partial charge in [0.1, 0.15) is 11.5 Å². The number of unbranched alkanes of at least 4 members (excludes halogenated alkanes) is 1. The Morgan fingerprint density at radius 3 is 2.69 bits per heavy atom. The maximum absolute atomic E-state index is 12.5. The number of thioether (sulfide) groups is 1. The van der Waals surface area contributed by atoms with E-state index in [-0.39, 0.29) is 11.7 Å². The smallest absolute Gasteiger partial charge is 0.234 e. The summed E-state index contributed by atoms with van der Waals surface area (Å²) in [6.45, 7) is 2.64. The third-order valence-corrected chi connectivity index (χ3v) is 5.86. The van der Waals surface area contributed by atoms with Crippen LogP contribution in [0.3, 0.4) is 0 Å². The largest absolute Gasteiger partial charge is 0.467 e. The molecule has 1 N–H and O–H groups in total. The summed E-state index contributed by atoms with van der Waals surface area (Å²) in [7, 11) is 0. The van der Waals surface area contributed by atoms with E-state index in [0.717, 1.165) is 17.9 Å². The number of pyridine rings is 1. The topological polar surface area (TPSA) is 85.8 Å². The number of aryl methyl sites for hydroxylation is 1. The minimum absolute atomic E-state index is 0.0942. The third-order valence-electron chi connectivity index (χ3n) is 4.89. The van der Waals surface area contributed by atoms with Crippen LogP contribution in [0.4, 0.5) is 5.69 Å². The predicted octanol–water partition coefficient (Wildman–Crippen LogP) is 5.05. The van der Waals surface area contributed by atoms with E-state index in [9.17, 15) is 4.79 Å². The standard InChI is InChI=1S/C24H25N5O2S/c1-2-3-7-18-10-12-19(13-11-18)26-22(30)17-32-24-28-27-23(21-9-4-5-14-25-21)29(24)16-20-8-6-15-31-20/h4-6,8-15H,2-3,7,16-17H2,1H3,(H,26,30). The van der Waals surface area contributed by atoms with Crippen molar-refractivity contribution in [2.75, 3.05) is 11.1 Å². The Bertz CT molecular complexity index is 1130. The zero-order valence-electron chi connectivity index (χ0n) is 17.9.